The lowest BCUT2D eigenvalue weighted by Gasteiger charge is -2.12. The number of hydrogen-bond donors (Lipinski definition) is 2. The maximum atomic E-state index is 13.2. The number of aryl methyl sites for hydroxylation is 1. The second-order valence-corrected chi connectivity index (χ2v) is 5.69. The van der Waals surface area contributed by atoms with Crippen molar-refractivity contribution in [1.29, 1.82) is 0 Å². The highest BCUT2D eigenvalue weighted by Gasteiger charge is 2.29. The Kier molecular flexibility index (Phi) is 4.02. The third-order valence-electron chi connectivity index (χ3n) is 3.19. The van der Waals surface area contributed by atoms with Crippen LogP contribution in [0.15, 0.2) is 16.6 Å². The first-order valence-electron chi connectivity index (χ1n) is 5.98. The van der Waals surface area contributed by atoms with Gasteiger partial charge in [-0.3, -0.25) is 4.79 Å². The summed E-state index contributed by atoms with van der Waals surface area (Å²) in [7, 11) is 0. The van der Waals surface area contributed by atoms with Gasteiger partial charge in [0.05, 0.1) is 4.47 Å². The Morgan fingerprint density at radius 1 is 1.61 bits per heavy atom. The van der Waals surface area contributed by atoms with E-state index in [-0.39, 0.29) is 17.8 Å². The minimum Gasteiger partial charge on any atom is -0.327 e. The first kappa shape index (κ1) is 13.5. The van der Waals surface area contributed by atoms with E-state index < -0.39 is 0 Å². The minimum absolute atomic E-state index is 0.0609. The van der Waals surface area contributed by atoms with Gasteiger partial charge in [-0.2, -0.15) is 0 Å². The normalized spacial score (nSPS) is 16.4. The number of benzene rings is 1. The molecule has 1 unspecified atom stereocenters. The lowest BCUT2D eigenvalue weighted by atomic mass is 10.1. The Bertz CT molecular complexity index is 474. The molecule has 0 spiro atoms. The molecular weight excluding hydrogens is 299 g/mol. The Morgan fingerprint density at radius 3 is 2.89 bits per heavy atom. The number of halogens is 2. The molecule has 1 aromatic rings. The van der Waals surface area contributed by atoms with E-state index in [0.29, 0.717) is 28.1 Å². The van der Waals surface area contributed by atoms with Crippen LogP contribution in [0, 0.1) is 18.7 Å². The summed E-state index contributed by atoms with van der Waals surface area (Å²) in [6, 6.07) is 2.90. The maximum Gasteiger partial charge on any atom is 0.225 e. The Morgan fingerprint density at radius 2 is 2.28 bits per heavy atom. The van der Waals surface area contributed by atoms with Gasteiger partial charge in [-0.05, 0) is 59.3 Å². The van der Waals surface area contributed by atoms with E-state index in [0.717, 1.165) is 12.8 Å². The molecule has 1 amide bonds. The summed E-state index contributed by atoms with van der Waals surface area (Å²) in [6.07, 6.45) is 2.56. The minimum atomic E-state index is -0.333. The summed E-state index contributed by atoms with van der Waals surface area (Å²) < 4.78 is 13.6. The zero-order chi connectivity index (χ0) is 13.3. The first-order chi connectivity index (χ1) is 8.47. The number of carbonyl (C=O) groups excluding carboxylic acids is 1. The van der Waals surface area contributed by atoms with Crippen molar-refractivity contribution in [3.63, 3.8) is 0 Å². The van der Waals surface area contributed by atoms with Crippen molar-refractivity contribution < 1.29 is 9.18 Å². The number of anilines is 1. The average molecular weight is 315 g/mol. The van der Waals surface area contributed by atoms with Gasteiger partial charge in [0.1, 0.15) is 5.82 Å². The van der Waals surface area contributed by atoms with Crippen LogP contribution in [0.1, 0.15) is 24.8 Å². The van der Waals surface area contributed by atoms with Gasteiger partial charge in [0, 0.05) is 18.2 Å². The van der Waals surface area contributed by atoms with Crippen molar-refractivity contribution in [2.45, 2.75) is 32.2 Å². The summed E-state index contributed by atoms with van der Waals surface area (Å²) in [6.45, 7) is 1.76. The number of carbonyl (C=O) groups is 1. The summed E-state index contributed by atoms with van der Waals surface area (Å²) >= 11 is 3.10. The first-order valence-corrected chi connectivity index (χ1v) is 6.77. The second-order valence-electron chi connectivity index (χ2n) is 4.83. The Labute approximate surface area is 114 Å². The molecule has 0 aromatic heterocycles. The van der Waals surface area contributed by atoms with E-state index in [1.807, 2.05) is 0 Å². The summed E-state index contributed by atoms with van der Waals surface area (Å²) in [4.78, 5) is 11.8. The zero-order valence-corrected chi connectivity index (χ0v) is 11.8. The highest BCUT2D eigenvalue weighted by Crippen LogP contribution is 2.33. The summed E-state index contributed by atoms with van der Waals surface area (Å²) in [5.41, 5.74) is 7.22. The molecular formula is C13H16BrFN2O. The molecule has 0 heterocycles. The van der Waals surface area contributed by atoms with E-state index in [1.54, 1.807) is 13.0 Å². The van der Waals surface area contributed by atoms with Gasteiger partial charge in [-0.15, -0.1) is 0 Å². The predicted octanol–water partition coefficient (Wildman–Crippen LogP) is 2.96. The van der Waals surface area contributed by atoms with Crippen molar-refractivity contribution in [3.8, 4) is 0 Å². The highest BCUT2D eigenvalue weighted by molar-refractivity contribution is 9.10. The van der Waals surface area contributed by atoms with Crippen LogP contribution in [0.4, 0.5) is 10.1 Å². The number of amides is 1. The topological polar surface area (TPSA) is 55.1 Å². The molecule has 0 radical (unpaired) electrons. The average Bonchev–Trinajstić information content (AvgIpc) is 3.09. The van der Waals surface area contributed by atoms with Crippen LogP contribution < -0.4 is 11.1 Å². The van der Waals surface area contributed by atoms with Gasteiger partial charge >= 0.3 is 0 Å². The molecule has 1 aliphatic carbocycles. The molecule has 18 heavy (non-hydrogen) atoms. The third kappa shape index (κ3) is 3.29. The van der Waals surface area contributed by atoms with Gasteiger partial charge < -0.3 is 11.1 Å². The van der Waals surface area contributed by atoms with Crippen LogP contribution in [0.5, 0.6) is 0 Å². The fourth-order valence-corrected chi connectivity index (χ4v) is 2.23. The smallest absolute Gasteiger partial charge is 0.225 e. The number of nitrogens with one attached hydrogen (secondary N) is 1. The molecule has 0 aliphatic heterocycles. The Hall–Kier alpha value is -0.940. The molecule has 1 aromatic carbocycles. The highest BCUT2D eigenvalue weighted by atomic mass is 79.9. The van der Waals surface area contributed by atoms with Crippen LogP contribution >= 0.6 is 15.9 Å². The fourth-order valence-electron chi connectivity index (χ4n) is 1.89. The molecule has 3 nitrogen and oxygen atoms in total. The number of hydrogen-bond acceptors (Lipinski definition) is 2. The van der Waals surface area contributed by atoms with Crippen molar-refractivity contribution >= 4 is 27.5 Å². The monoisotopic (exact) mass is 314 g/mol. The Balaban J connectivity index is 1.99. The van der Waals surface area contributed by atoms with E-state index in [1.165, 1.54) is 6.07 Å². The molecule has 98 valence electrons. The lowest BCUT2D eigenvalue weighted by Crippen LogP contribution is -2.29. The zero-order valence-electron chi connectivity index (χ0n) is 10.2. The van der Waals surface area contributed by atoms with Crippen LogP contribution in [0.25, 0.3) is 0 Å². The van der Waals surface area contributed by atoms with Crippen molar-refractivity contribution in [1.82, 2.24) is 0 Å². The molecule has 5 heteroatoms. The molecule has 2 rings (SSSR count). The summed E-state index contributed by atoms with van der Waals surface area (Å²) in [5, 5.41) is 2.78. The molecule has 3 N–H and O–H groups in total. The van der Waals surface area contributed by atoms with Crippen LogP contribution in [0.3, 0.4) is 0 Å². The van der Waals surface area contributed by atoms with Crippen molar-refractivity contribution in [3.05, 3.63) is 28.0 Å². The van der Waals surface area contributed by atoms with Gasteiger partial charge in [0.2, 0.25) is 5.91 Å². The largest absolute Gasteiger partial charge is 0.327 e. The third-order valence-corrected chi connectivity index (χ3v) is 3.80. The van der Waals surface area contributed by atoms with E-state index >= 15 is 0 Å². The van der Waals surface area contributed by atoms with Crippen molar-refractivity contribution in [2.75, 3.05) is 5.32 Å². The van der Waals surface area contributed by atoms with Crippen LogP contribution in [-0.2, 0) is 4.79 Å². The van der Waals surface area contributed by atoms with E-state index in [4.69, 9.17) is 5.73 Å². The lowest BCUT2D eigenvalue weighted by molar-refractivity contribution is -0.116. The molecule has 0 bridgehead atoms. The SMILES string of the molecule is Cc1cc(F)c(Br)cc1NC(=O)CC(N)C1CC1. The second kappa shape index (κ2) is 5.36. The predicted molar refractivity (Wildman–Crippen MR) is 72.8 cm³/mol. The molecule has 1 saturated carbocycles. The van der Waals surface area contributed by atoms with Crippen LogP contribution in [0.2, 0.25) is 0 Å². The number of rotatable bonds is 4. The summed E-state index contributed by atoms with van der Waals surface area (Å²) in [5.74, 6) is 0.0491. The quantitative estimate of drug-likeness (QED) is 0.897. The molecule has 1 fully saturated rings. The van der Waals surface area contributed by atoms with Gasteiger partial charge in [-0.1, -0.05) is 0 Å². The van der Waals surface area contributed by atoms with E-state index in [9.17, 15) is 9.18 Å². The molecule has 1 atom stereocenters. The van der Waals surface area contributed by atoms with Crippen LogP contribution in [-0.4, -0.2) is 11.9 Å². The van der Waals surface area contributed by atoms with Gasteiger partial charge in [-0.25, -0.2) is 4.39 Å². The maximum absolute atomic E-state index is 13.2. The van der Waals surface area contributed by atoms with Crippen molar-refractivity contribution in [2.24, 2.45) is 11.7 Å². The molecule has 1 aliphatic rings. The van der Waals surface area contributed by atoms with Gasteiger partial charge in [0.25, 0.3) is 0 Å². The van der Waals surface area contributed by atoms with Gasteiger partial charge in [0.15, 0.2) is 0 Å². The fraction of sp³-hybridized carbons (Fsp3) is 0.462. The van der Waals surface area contributed by atoms with E-state index in [2.05, 4.69) is 21.2 Å². The standard InChI is InChI=1S/C13H16BrFN2O/c1-7-4-10(15)9(14)5-12(7)17-13(18)6-11(16)8-2-3-8/h4-5,8,11H,2-3,6,16H2,1H3,(H,17,18). The number of nitrogens with two attached hydrogens (primary N) is 1. The molecule has 0 saturated heterocycles.